The molecule has 7 rings (SSSR count). The predicted molar refractivity (Wildman–Crippen MR) is 218 cm³/mol. The maximum Gasteiger partial charge on any atom is 0.383 e. The summed E-state index contributed by atoms with van der Waals surface area (Å²) in [6, 6.07) is 36.1. The molecule has 0 saturated carbocycles. The van der Waals surface area contributed by atoms with Gasteiger partial charge in [0.1, 0.15) is 24.0 Å². The van der Waals surface area contributed by atoms with Crippen LogP contribution in [0.1, 0.15) is 61.2 Å². The van der Waals surface area contributed by atoms with E-state index < -0.39 is 72.6 Å². The summed E-state index contributed by atoms with van der Waals surface area (Å²) < 4.78 is 47.7. The van der Waals surface area contributed by atoms with Crippen LogP contribution in [0.4, 0.5) is 0 Å². The number of carbonyl (C=O) groups is 4. The molecular weight excluding hydrogens is 789 g/mol. The standard InChI is InChI=1S/C47H40O14/c1-2-3-26-54-39-37(48)34-25-24-33(27-35(34)57-46(39)53)56-47-41(61-45(52)32-22-14-7-15-23-32)40(60-44(51)31-20-12-6-13-21-31)38(59-43(50)30-18-10-5-11-19-30)36(58-47)28-55-42(49)29-16-8-4-9-17-29/h4-25,27,36,38,40-41,47-48H,2-3,26,28H2,1H3/t36-,38+,40+,41-,47-/m1/s1. The highest BCUT2D eigenvalue weighted by atomic mass is 16.7. The lowest BCUT2D eigenvalue weighted by molar-refractivity contribution is -0.275. The van der Waals surface area contributed by atoms with Crippen LogP contribution in [0.2, 0.25) is 0 Å². The van der Waals surface area contributed by atoms with Gasteiger partial charge in [-0.15, -0.1) is 0 Å². The van der Waals surface area contributed by atoms with E-state index in [2.05, 4.69) is 0 Å². The second-order valence-electron chi connectivity index (χ2n) is 13.8. The van der Waals surface area contributed by atoms with Gasteiger partial charge in [0.15, 0.2) is 18.0 Å². The molecule has 1 N–H and O–H groups in total. The third-order valence-corrected chi connectivity index (χ3v) is 9.55. The summed E-state index contributed by atoms with van der Waals surface area (Å²) in [5.74, 6) is -4.16. The largest absolute Gasteiger partial charge is 0.504 e. The summed E-state index contributed by atoms with van der Waals surface area (Å²) in [4.78, 5) is 67.7. The second kappa shape index (κ2) is 19.5. The molecule has 1 aromatic heterocycles. The smallest absolute Gasteiger partial charge is 0.383 e. The maximum absolute atomic E-state index is 13.9. The Morgan fingerprint density at radius 2 is 1.11 bits per heavy atom. The van der Waals surface area contributed by atoms with Crippen LogP contribution in [0.15, 0.2) is 149 Å². The molecule has 5 aromatic carbocycles. The molecule has 6 aromatic rings. The molecule has 2 heterocycles. The van der Waals surface area contributed by atoms with Crippen LogP contribution in [0, 0.1) is 0 Å². The molecule has 1 saturated heterocycles. The normalized spacial score (nSPS) is 18.3. The molecular formula is C47H40O14. The zero-order chi connectivity index (χ0) is 42.7. The Morgan fingerprint density at radius 1 is 0.623 bits per heavy atom. The van der Waals surface area contributed by atoms with Crippen LogP contribution < -0.4 is 15.1 Å². The lowest BCUT2D eigenvalue weighted by atomic mass is 9.97. The summed E-state index contributed by atoms with van der Waals surface area (Å²) in [6.45, 7) is 1.56. The molecule has 0 radical (unpaired) electrons. The molecule has 5 atom stereocenters. The van der Waals surface area contributed by atoms with Gasteiger partial charge < -0.3 is 42.7 Å². The van der Waals surface area contributed by atoms with Crippen LogP contribution in [0.5, 0.6) is 17.2 Å². The minimum Gasteiger partial charge on any atom is -0.504 e. The van der Waals surface area contributed by atoms with Crippen LogP contribution in [0.3, 0.4) is 0 Å². The molecule has 0 unspecified atom stereocenters. The SMILES string of the molecule is CCCCOc1c(O)c2ccc(O[C@@H]3O[C@H](COC(=O)c4ccccc4)[C@H](OC(=O)c4ccccc4)[C@H](OC(=O)c4ccccc4)[C@H]3OC(=O)c3ccccc3)cc2oc1=O. The van der Waals surface area contributed by atoms with E-state index in [0.29, 0.717) is 6.42 Å². The van der Waals surface area contributed by atoms with Gasteiger partial charge in [-0.05, 0) is 67.1 Å². The van der Waals surface area contributed by atoms with Gasteiger partial charge in [-0.25, -0.2) is 24.0 Å². The van der Waals surface area contributed by atoms with Crippen molar-refractivity contribution in [3.63, 3.8) is 0 Å². The van der Waals surface area contributed by atoms with Crippen molar-refractivity contribution < 1.29 is 61.9 Å². The van der Waals surface area contributed by atoms with Crippen LogP contribution in [-0.2, 0) is 23.7 Å². The van der Waals surface area contributed by atoms with Gasteiger partial charge in [0, 0.05) is 6.07 Å². The molecule has 1 fully saturated rings. The van der Waals surface area contributed by atoms with Gasteiger partial charge >= 0.3 is 29.5 Å². The Balaban J connectivity index is 1.31. The minimum atomic E-state index is -1.68. The molecule has 0 aliphatic carbocycles. The molecule has 0 spiro atoms. The van der Waals surface area contributed by atoms with Crippen LogP contribution in [0.25, 0.3) is 11.0 Å². The van der Waals surface area contributed by atoms with Crippen molar-refractivity contribution in [2.75, 3.05) is 13.2 Å². The van der Waals surface area contributed by atoms with Crippen molar-refractivity contribution in [1.82, 2.24) is 0 Å². The zero-order valence-electron chi connectivity index (χ0n) is 32.7. The number of esters is 4. The Hall–Kier alpha value is -7.45. The van der Waals surface area contributed by atoms with E-state index >= 15 is 0 Å². The zero-order valence-corrected chi connectivity index (χ0v) is 32.7. The molecule has 14 heteroatoms. The Kier molecular flexibility index (Phi) is 13.4. The fraction of sp³-hybridized carbons (Fsp3) is 0.213. The van der Waals surface area contributed by atoms with Crippen molar-refractivity contribution in [3.8, 4) is 17.2 Å². The monoisotopic (exact) mass is 828 g/mol. The highest BCUT2D eigenvalue weighted by Crippen LogP contribution is 2.36. The van der Waals surface area contributed by atoms with E-state index in [9.17, 15) is 29.1 Å². The highest BCUT2D eigenvalue weighted by Gasteiger charge is 2.54. The van der Waals surface area contributed by atoms with Gasteiger partial charge in [-0.2, -0.15) is 0 Å². The first-order valence-electron chi connectivity index (χ1n) is 19.4. The van der Waals surface area contributed by atoms with E-state index in [-0.39, 0.29) is 51.3 Å². The average Bonchev–Trinajstić information content (AvgIpc) is 3.29. The molecule has 1 aliphatic heterocycles. The van der Waals surface area contributed by atoms with Crippen molar-refractivity contribution in [2.24, 2.45) is 0 Å². The number of hydrogen-bond donors (Lipinski definition) is 1. The molecule has 61 heavy (non-hydrogen) atoms. The fourth-order valence-electron chi connectivity index (χ4n) is 6.42. The van der Waals surface area contributed by atoms with E-state index in [1.54, 1.807) is 84.9 Å². The van der Waals surface area contributed by atoms with E-state index in [4.69, 9.17) is 37.6 Å². The van der Waals surface area contributed by atoms with Crippen molar-refractivity contribution >= 4 is 34.8 Å². The average molecular weight is 829 g/mol. The highest BCUT2D eigenvalue weighted by molar-refractivity contribution is 5.92. The summed E-state index contributed by atoms with van der Waals surface area (Å²) in [6.07, 6.45) is -6.60. The topological polar surface area (TPSA) is 183 Å². The quantitative estimate of drug-likeness (QED) is 0.0470. The maximum atomic E-state index is 13.9. The van der Waals surface area contributed by atoms with Crippen LogP contribution >= 0.6 is 0 Å². The molecule has 312 valence electrons. The summed E-state index contributed by atoms with van der Waals surface area (Å²) >= 11 is 0. The van der Waals surface area contributed by atoms with Crippen molar-refractivity contribution in [1.29, 1.82) is 0 Å². The van der Waals surface area contributed by atoms with Crippen molar-refractivity contribution in [3.05, 3.63) is 172 Å². The number of fused-ring (bicyclic) bond motifs is 1. The Morgan fingerprint density at radius 3 is 1.64 bits per heavy atom. The summed E-state index contributed by atoms with van der Waals surface area (Å²) in [5.41, 5.74) is -0.449. The molecule has 0 amide bonds. The molecule has 1 aliphatic rings. The lowest BCUT2D eigenvalue weighted by Gasteiger charge is -2.44. The first-order valence-corrected chi connectivity index (χ1v) is 19.4. The lowest BCUT2D eigenvalue weighted by Crippen LogP contribution is -2.63. The number of aromatic hydroxyl groups is 1. The molecule has 0 bridgehead atoms. The van der Waals surface area contributed by atoms with E-state index in [0.717, 1.165) is 6.42 Å². The number of rotatable bonds is 15. The van der Waals surface area contributed by atoms with Gasteiger partial charge in [0.2, 0.25) is 18.1 Å². The van der Waals surface area contributed by atoms with Crippen LogP contribution in [-0.4, -0.2) is 72.9 Å². The Bertz CT molecular complexity index is 2510. The van der Waals surface area contributed by atoms with Gasteiger partial charge in [0.05, 0.1) is 34.2 Å². The number of hydrogen-bond acceptors (Lipinski definition) is 14. The molecule has 14 nitrogen and oxygen atoms in total. The third kappa shape index (κ3) is 10.1. The minimum absolute atomic E-state index is 0.0200. The second-order valence-corrected chi connectivity index (χ2v) is 13.8. The number of unbranched alkanes of at least 4 members (excludes halogenated alkanes) is 1. The van der Waals surface area contributed by atoms with Gasteiger partial charge in [0.25, 0.3) is 0 Å². The number of ether oxygens (including phenoxy) is 7. The third-order valence-electron chi connectivity index (χ3n) is 9.55. The fourth-order valence-corrected chi connectivity index (χ4v) is 6.42. The summed E-state index contributed by atoms with van der Waals surface area (Å²) in [7, 11) is 0. The summed E-state index contributed by atoms with van der Waals surface area (Å²) in [5, 5.41) is 11.1. The van der Waals surface area contributed by atoms with E-state index in [1.807, 2.05) is 6.92 Å². The van der Waals surface area contributed by atoms with Crippen molar-refractivity contribution in [2.45, 2.75) is 50.5 Å². The van der Waals surface area contributed by atoms with Gasteiger partial charge in [-0.3, -0.25) is 0 Å². The van der Waals surface area contributed by atoms with E-state index in [1.165, 1.54) is 54.6 Å². The number of benzene rings is 5. The Labute approximate surface area is 349 Å². The predicted octanol–water partition coefficient (Wildman–Crippen LogP) is 7.32. The first-order chi connectivity index (χ1) is 29.7. The number of carbonyl (C=O) groups excluding carboxylic acids is 4. The van der Waals surface area contributed by atoms with Gasteiger partial charge in [-0.1, -0.05) is 86.1 Å². The first kappa shape index (κ1) is 41.7.